The average molecular weight is 463 g/mol. The molecule has 0 unspecified atom stereocenters. The minimum Gasteiger partial charge on any atom is -0.494 e. The molecule has 4 rings (SSSR count). The van der Waals surface area contributed by atoms with Crippen molar-refractivity contribution in [2.24, 2.45) is 10.7 Å². The van der Waals surface area contributed by atoms with Gasteiger partial charge in [-0.1, -0.05) is 48.5 Å². The highest BCUT2D eigenvalue weighted by molar-refractivity contribution is 7.92. The Morgan fingerprint density at radius 1 is 1.00 bits per heavy atom. The highest BCUT2D eigenvalue weighted by Crippen LogP contribution is 2.32. The summed E-state index contributed by atoms with van der Waals surface area (Å²) >= 11 is 0. The summed E-state index contributed by atoms with van der Waals surface area (Å²) < 4.78 is 25.1. The highest BCUT2D eigenvalue weighted by atomic mass is 32.2. The Morgan fingerprint density at radius 2 is 1.64 bits per heavy atom. The summed E-state index contributed by atoms with van der Waals surface area (Å²) in [5.41, 5.74) is 8.73. The molecule has 4 N–H and O–H groups in total. The Bertz CT molecular complexity index is 1440. The fourth-order valence-electron chi connectivity index (χ4n) is 3.59. The second kappa shape index (κ2) is 8.79. The van der Waals surface area contributed by atoms with E-state index >= 15 is 0 Å². The molecule has 4 aromatic rings. The number of carbonyl (C=O) groups is 1. The molecule has 3 aromatic carbocycles. The van der Waals surface area contributed by atoms with Crippen LogP contribution in [0.4, 0.5) is 11.4 Å². The zero-order valence-corrected chi connectivity index (χ0v) is 18.6. The van der Waals surface area contributed by atoms with Crippen molar-refractivity contribution in [1.82, 2.24) is 4.98 Å². The first-order chi connectivity index (χ1) is 15.7. The number of sulfonamides is 1. The van der Waals surface area contributed by atoms with Crippen molar-refractivity contribution in [2.45, 2.75) is 0 Å². The van der Waals surface area contributed by atoms with Crippen LogP contribution in [0.2, 0.25) is 0 Å². The number of amides is 1. The van der Waals surface area contributed by atoms with Gasteiger partial charge in [0.1, 0.15) is 6.54 Å². The van der Waals surface area contributed by atoms with Crippen LogP contribution in [0.5, 0.6) is 5.88 Å². The number of hydrogen-bond acceptors (Lipinski definition) is 5. The van der Waals surface area contributed by atoms with Crippen molar-refractivity contribution >= 4 is 43.9 Å². The number of para-hydroxylation sites is 1. The van der Waals surface area contributed by atoms with E-state index in [9.17, 15) is 18.3 Å². The molecule has 8 nitrogen and oxygen atoms in total. The maximum atomic E-state index is 12.1. The number of nitrogens with one attached hydrogen (secondary N) is 1. The number of anilines is 1. The summed E-state index contributed by atoms with van der Waals surface area (Å²) in [7, 11) is -3.70. The number of aromatic nitrogens is 1. The first-order valence-corrected chi connectivity index (χ1v) is 11.9. The Morgan fingerprint density at radius 3 is 2.27 bits per heavy atom. The number of H-pyrrole nitrogens is 1. The number of primary amides is 1. The topological polar surface area (TPSA) is 129 Å². The molecule has 0 saturated heterocycles. The van der Waals surface area contributed by atoms with Gasteiger partial charge in [0.05, 0.1) is 28.9 Å². The number of benzene rings is 3. The van der Waals surface area contributed by atoms with Crippen LogP contribution >= 0.6 is 0 Å². The smallest absolute Gasteiger partial charge is 0.238 e. The lowest BCUT2D eigenvalue weighted by molar-refractivity contribution is -0.116. The minimum atomic E-state index is -3.70. The van der Waals surface area contributed by atoms with E-state index in [1.165, 1.54) is 0 Å². The molecule has 0 aliphatic carbocycles. The maximum absolute atomic E-state index is 12.1. The van der Waals surface area contributed by atoms with Gasteiger partial charge in [-0.15, -0.1) is 0 Å². The number of fused-ring (bicyclic) bond motifs is 1. The van der Waals surface area contributed by atoms with Crippen molar-refractivity contribution in [3.8, 4) is 5.88 Å². The second-order valence-corrected chi connectivity index (χ2v) is 9.38. The van der Waals surface area contributed by atoms with E-state index in [0.717, 1.165) is 27.0 Å². The molecule has 0 saturated carbocycles. The highest BCUT2D eigenvalue weighted by Gasteiger charge is 2.20. The van der Waals surface area contributed by atoms with Crippen LogP contribution in [-0.2, 0) is 14.8 Å². The fourth-order valence-corrected chi connectivity index (χ4v) is 4.46. The van der Waals surface area contributed by atoms with Crippen LogP contribution in [0.15, 0.2) is 83.9 Å². The molecule has 9 heteroatoms. The molecule has 0 aliphatic rings. The van der Waals surface area contributed by atoms with E-state index in [4.69, 9.17) is 10.7 Å². The minimum absolute atomic E-state index is 0.000123. The molecule has 33 heavy (non-hydrogen) atoms. The third kappa shape index (κ3) is 4.73. The molecule has 0 bridgehead atoms. The molecule has 1 amide bonds. The quantitative estimate of drug-likeness (QED) is 0.364. The number of carbonyl (C=O) groups excluding carboxylic acids is 1. The largest absolute Gasteiger partial charge is 0.494 e. The van der Waals surface area contributed by atoms with Gasteiger partial charge in [-0.3, -0.25) is 9.10 Å². The molecule has 1 heterocycles. The van der Waals surface area contributed by atoms with E-state index in [1.54, 1.807) is 24.3 Å². The molecule has 0 aliphatic heterocycles. The van der Waals surface area contributed by atoms with Crippen molar-refractivity contribution in [3.05, 3.63) is 90.0 Å². The first-order valence-electron chi connectivity index (χ1n) is 10.0. The zero-order chi connectivity index (χ0) is 23.6. The third-order valence-corrected chi connectivity index (χ3v) is 6.19. The van der Waals surface area contributed by atoms with Gasteiger partial charge in [0.2, 0.25) is 15.9 Å². The van der Waals surface area contributed by atoms with E-state index in [2.05, 4.69) is 4.98 Å². The predicted octanol–water partition coefficient (Wildman–Crippen LogP) is 3.29. The summed E-state index contributed by atoms with van der Waals surface area (Å²) in [5.74, 6) is -0.760. The van der Waals surface area contributed by atoms with Gasteiger partial charge < -0.3 is 15.8 Å². The van der Waals surface area contributed by atoms with Gasteiger partial charge >= 0.3 is 0 Å². The average Bonchev–Trinajstić information content (AvgIpc) is 3.12. The van der Waals surface area contributed by atoms with Crippen LogP contribution in [0.3, 0.4) is 0 Å². The van der Waals surface area contributed by atoms with E-state index < -0.39 is 22.5 Å². The SMILES string of the molecule is CS(=O)(=O)N(CC(N)=O)c1ccc(N=C(c2ccccc2)c2c(O)[nH]c3ccccc23)cc1. The zero-order valence-electron chi connectivity index (χ0n) is 17.8. The number of aromatic hydroxyl groups is 1. The van der Waals surface area contributed by atoms with E-state index in [0.29, 0.717) is 22.6 Å². The summed E-state index contributed by atoms with van der Waals surface area (Å²) in [4.78, 5) is 19.1. The van der Waals surface area contributed by atoms with Crippen molar-refractivity contribution in [3.63, 3.8) is 0 Å². The van der Waals surface area contributed by atoms with Crippen LogP contribution in [0.1, 0.15) is 11.1 Å². The maximum Gasteiger partial charge on any atom is 0.238 e. The summed E-state index contributed by atoms with van der Waals surface area (Å²) in [6.07, 6.45) is 1.01. The molecule has 0 fully saturated rings. The van der Waals surface area contributed by atoms with Crippen LogP contribution in [-0.4, -0.2) is 42.9 Å². The van der Waals surface area contributed by atoms with Crippen LogP contribution in [0, 0.1) is 0 Å². The molecule has 0 radical (unpaired) electrons. The predicted molar refractivity (Wildman–Crippen MR) is 130 cm³/mol. The Hall–Kier alpha value is -4.11. The Labute approximate surface area is 191 Å². The second-order valence-electron chi connectivity index (χ2n) is 7.47. The van der Waals surface area contributed by atoms with Crippen molar-refractivity contribution < 1.29 is 18.3 Å². The third-order valence-electron chi connectivity index (χ3n) is 5.05. The fraction of sp³-hybridized carbons (Fsp3) is 0.0833. The molecule has 0 atom stereocenters. The van der Waals surface area contributed by atoms with Gasteiger partial charge in [-0.25, -0.2) is 13.4 Å². The number of aromatic amines is 1. The Kier molecular flexibility index (Phi) is 5.89. The summed E-state index contributed by atoms with van der Waals surface area (Å²) in [6, 6.07) is 23.4. The first kappa shape index (κ1) is 22.1. The number of rotatable bonds is 7. The van der Waals surface area contributed by atoms with E-state index in [-0.39, 0.29) is 5.88 Å². The molecular formula is C24H22N4O4S. The monoisotopic (exact) mass is 462 g/mol. The molecular weight excluding hydrogens is 440 g/mol. The lowest BCUT2D eigenvalue weighted by Gasteiger charge is -2.20. The van der Waals surface area contributed by atoms with E-state index in [1.807, 2.05) is 54.6 Å². The molecule has 0 spiro atoms. The number of nitrogens with two attached hydrogens (primary N) is 1. The van der Waals surface area contributed by atoms with Gasteiger partial charge in [0, 0.05) is 16.5 Å². The summed E-state index contributed by atoms with van der Waals surface area (Å²) in [6.45, 7) is -0.458. The standard InChI is InChI=1S/C24H22N4O4S/c1-33(31,32)28(15-21(25)29)18-13-11-17(12-14-18)26-23(16-7-3-2-4-8-16)22-19-9-5-6-10-20(19)27-24(22)30/h2-14,27,30H,15H2,1H3,(H2,25,29). The summed E-state index contributed by atoms with van der Waals surface area (Å²) in [5, 5.41) is 11.5. The lowest BCUT2D eigenvalue weighted by atomic mass is 10.0. The normalized spacial score (nSPS) is 12.1. The van der Waals surface area contributed by atoms with Crippen LogP contribution in [0.25, 0.3) is 10.9 Å². The molecule has 1 aromatic heterocycles. The Balaban J connectivity index is 1.82. The lowest BCUT2D eigenvalue weighted by Crippen LogP contribution is -2.37. The van der Waals surface area contributed by atoms with Crippen molar-refractivity contribution in [1.29, 1.82) is 0 Å². The molecule has 168 valence electrons. The van der Waals surface area contributed by atoms with Gasteiger partial charge in [0.25, 0.3) is 0 Å². The van der Waals surface area contributed by atoms with Gasteiger partial charge in [-0.2, -0.15) is 0 Å². The van der Waals surface area contributed by atoms with Crippen molar-refractivity contribution in [2.75, 3.05) is 17.1 Å². The number of aliphatic imine (C=N–C) groups is 1. The van der Waals surface area contributed by atoms with Gasteiger partial charge in [-0.05, 0) is 30.3 Å². The van der Waals surface area contributed by atoms with Gasteiger partial charge in [0.15, 0.2) is 5.88 Å². The number of nitrogens with zero attached hydrogens (tertiary/aromatic N) is 2. The number of hydrogen-bond donors (Lipinski definition) is 3. The van der Waals surface area contributed by atoms with Crippen LogP contribution < -0.4 is 10.0 Å².